The van der Waals surface area contributed by atoms with E-state index in [1.54, 1.807) is 7.11 Å². The molecule has 5 nitrogen and oxygen atoms in total. The number of hydrogen-bond donors (Lipinski definition) is 1. The molecule has 26 heavy (non-hydrogen) atoms. The fraction of sp³-hybridized carbons (Fsp3) is 0.500. The Balaban J connectivity index is 0.000000552. The molecule has 2 aliphatic rings. The average molecular weight is 380 g/mol. The highest BCUT2D eigenvalue weighted by Crippen LogP contribution is 2.40. The number of benzene rings is 1. The van der Waals surface area contributed by atoms with Crippen molar-refractivity contribution in [1.29, 1.82) is 0 Å². The zero-order valence-corrected chi connectivity index (χ0v) is 16.5. The van der Waals surface area contributed by atoms with E-state index in [0.29, 0.717) is 17.1 Å². The Morgan fingerprint density at radius 2 is 2.00 bits per heavy atom. The Morgan fingerprint density at radius 3 is 2.58 bits per heavy atom. The van der Waals surface area contributed by atoms with Gasteiger partial charge < -0.3 is 14.8 Å². The predicted molar refractivity (Wildman–Crippen MR) is 102 cm³/mol. The second-order valence-electron chi connectivity index (χ2n) is 6.89. The van der Waals surface area contributed by atoms with Crippen LogP contribution in [0, 0.1) is 13.8 Å². The van der Waals surface area contributed by atoms with Gasteiger partial charge in [-0.3, -0.25) is 9.59 Å². The fourth-order valence-corrected chi connectivity index (χ4v) is 4.24. The maximum Gasteiger partial charge on any atom is 0.292 e. The van der Waals surface area contributed by atoms with E-state index in [0.717, 1.165) is 42.4 Å². The van der Waals surface area contributed by atoms with E-state index >= 15 is 0 Å². The lowest BCUT2D eigenvalue weighted by molar-refractivity contribution is -0.126. The Labute approximate surface area is 159 Å². The van der Waals surface area contributed by atoms with E-state index in [2.05, 4.69) is 22.2 Å². The molecule has 1 aliphatic carbocycles. The number of hydrogen-bond acceptors (Lipinski definition) is 4. The van der Waals surface area contributed by atoms with Gasteiger partial charge in [0.1, 0.15) is 0 Å². The van der Waals surface area contributed by atoms with Crippen LogP contribution in [-0.2, 0) is 19.1 Å². The molecule has 1 saturated carbocycles. The first-order chi connectivity index (χ1) is 12.4. The van der Waals surface area contributed by atoms with E-state index in [9.17, 15) is 4.79 Å². The van der Waals surface area contributed by atoms with Crippen LogP contribution in [0.3, 0.4) is 0 Å². The summed E-state index contributed by atoms with van der Waals surface area (Å²) in [5.41, 5.74) is 3.45. The van der Waals surface area contributed by atoms with Crippen LogP contribution in [0.1, 0.15) is 42.4 Å². The molecule has 0 bridgehead atoms. The van der Waals surface area contributed by atoms with Crippen molar-refractivity contribution in [2.75, 3.05) is 14.2 Å². The normalized spacial score (nSPS) is 24.4. The van der Waals surface area contributed by atoms with Crippen molar-refractivity contribution in [3.8, 4) is 0 Å². The fourth-order valence-electron chi connectivity index (χ4n) is 3.82. The molecule has 1 heterocycles. The first kappa shape index (κ1) is 20.5. The van der Waals surface area contributed by atoms with Crippen molar-refractivity contribution in [2.45, 2.75) is 51.2 Å². The van der Waals surface area contributed by atoms with Crippen LogP contribution in [0.2, 0.25) is 5.02 Å². The Morgan fingerprint density at radius 1 is 1.31 bits per heavy atom. The van der Waals surface area contributed by atoms with Gasteiger partial charge in [0.2, 0.25) is 0 Å². The van der Waals surface area contributed by atoms with Crippen molar-refractivity contribution < 1.29 is 19.1 Å². The minimum atomic E-state index is -0.272. The van der Waals surface area contributed by atoms with Gasteiger partial charge in [-0.15, -0.1) is 0 Å². The summed E-state index contributed by atoms with van der Waals surface area (Å²) >= 11 is 6.42. The van der Waals surface area contributed by atoms with Crippen LogP contribution >= 0.6 is 11.6 Å². The van der Waals surface area contributed by atoms with E-state index in [1.165, 1.54) is 7.11 Å². The molecule has 1 aromatic carbocycles. The second kappa shape index (κ2) is 8.69. The quantitative estimate of drug-likeness (QED) is 0.815. The number of carbonyl (C=O) groups excluding carboxylic acids is 2. The smallest absolute Gasteiger partial charge is 0.292 e. The average Bonchev–Trinajstić information content (AvgIpc) is 2.89. The van der Waals surface area contributed by atoms with Crippen LogP contribution in [0.25, 0.3) is 5.57 Å². The maximum absolute atomic E-state index is 12.6. The number of nitrogens with one attached hydrogen (secondary N) is 1. The van der Waals surface area contributed by atoms with Crippen molar-refractivity contribution in [1.82, 2.24) is 5.32 Å². The lowest BCUT2D eigenvalue weighted by Gasteiger charge is -2.36. The molecule has 2 atom stereocenters. The standard InChI is InChI=1S/C18H22ClNO2.C2H4O2/c1-11-7-12(2)16(15(19)8-11)14-10-18(20-17(14)21)6-4-5-13(9-18)22-3;1-4-2-3/h7-8,10,13H,4-6,9H2,1-3H3,(H,20,21);2H,1H3. The van der Waals surface area contributed by atoms with E-state index < -0.39 is 0 Å². The largest absolute Gasteiger partial charge is 0.471 e. The van der Waals surface area contributed by atoms with Crippen molar-refractivity contribution in [2.24, 2.45) is 0 Å². The van der Waals surface area contributed by atoms with Crippen LogP contribution in [0.4, 0.5) is 0 Å². The van der Waals surface area contributed by atoms with Gasteiger partial charge in [0.15, 0.2) is 0 Å². The lowest BCUT2D eigenvalue weighted by Crippen LogP contribution is -2.47. The first-order valence-electron chi connectivity index (χ1n) is 8.67. The Hall–Kier alpha value is -1.85. The summed E-state index contributed by atoms with van der Waals surface area (Å²) < 4.78 is 9.37. The summed E-state index contributed by atoms with van der Waals surface area (Å²) in [7, 11) is 3.05. The molecule has 1 spiro atoms. The topological polar surface area (TPSA) is 64.6 Å². The molecule has 142 valence electrons. The minimum absolute atomic E-state index is 0.0226. The molecule has 1 aliphatic heterocycles. The highest BCUT2D eigenvalue weighted by atomic mass is 35.5. The molecule has 0 radical (unpaired) electrons. The SMILES string of the molecule is COC1CCCC2(C=C(c3c(C)cc(C)cc3Cl)C(=O)N2)C1.COC=O. The molecule has 1 N–H and O–H groups in total. The van der Waals surface area contributed by atoms with Crippen LogP contribution < -0.4 is 5.32 Å². The summed E-state index contributed by atoms with van der Waals surface area (Å²) in [6, 6.07) is 3.99. The Bertz CT molecular complexity index is 693. The van der Waals surface area contributed by atoms with E-state index in [-0.39, 0.29) is 17.6 Å². The zero-order chi connectivity index (χ0) is 19.3. The first-order valence-corrected chi connectivity index (χ1v) is 9.05. The van der Waals surface area contributed by atoms with Crippen molar-refractivity contribution in [3.63, 3.8) is 0 Å². The number of aryl methyl sites for hydroxylation is 2. The molecule has 3 rings (SSSR count). The van der Waals surface area contributed by atoms with Gasteiger partial charge in [-0.05, 0) is 56.4 Å². The van der Waals surface area contributed by atoms with Gasteiger partial charge in [-0.25, -0.2) is 0 Å². The molecular formula is C20H26ClNO4. The second-order valence-corrected chi connectivity index (χ2v) is 7.30. The number of halogens is 1. The molecule has 0 saturated heterocycles. The highest BCUT2D eigenvalue weighted by Gasteiger charge is 2.42. The summed E-state index contributed by atoms with van der Waals surface area (Å²) in [6.45, 7) is 4.39. The highest BCUT2D eigenvalue weighted by molar-refractivity contribution is 6.35. The number of ether oxygens (including phenoxy) is 2. The summed E-state index contributed by atoms with van der Waals surface area (Å²) in [5.74, 6) is -0.0226. The molecule has 2 unspecified atom stereocenters. The third-order valence-electron chi connectivity index (χ3n) is 4.90. The number of rotatable bonds is 3. The van der Waals surface area contributed by atoms with Crippen molar-refractivity contribution >= 4 is 29.6 Å². The lowest BCUT2D eigenvalue weighted by atomic mass is 9.80. The third-order valence-corrected chi connectivity index (χ3v) is 5.20. The van der Waals surface area contributed by atoms with Gasteiger partial charge in [0.25, 0.3) is 12.4 Å². The summed E-state index contributed by atoms with van der Waals surface area (Å²) in [5, 5.41) is 3.83. The number of methoxy groups -OCH3 is 2. The van der Waals surface area contributed by atoms with Crippen LogP contribution in [0.5, 0.6) is 0 Å². The molecule has 1 fully saturated rings. The zero-order valence-electron chi connectivity index (χ0n) is 15.7. The monoisotopic (exact) mass is 379 g/mol. The van der Waals surface area contributed by atoms with E-state index in [1.807, 2.05) is 19.9 Å². The van der Waals surface area contributed by atoms with Gasteiger partial charge in [0, 0.05) is 29.7 Å². The van der Waals surface area contributed by atoms with Gasteiger partial charge in [0.05, 0.1) is 18.8 Å². The summed E-state index contributed by atoms with van der Waals surface area (Å²) in [6.07, 6.45) is 6.21. The van der Waals surface area contributed by atoms with Gasteiger partial charge in [-0.1, -0.05) is 17.7 Å². The number of carbonyl (C=O) groups is 2. The summed E-state index contributed by atoms with van der Waals surface area (Å²) in [4.78, 5) is 21.5. The van der Waals surface area contributed by atoms with E-state index in [4.69, 9.17) is 21.1 Å². The molecule has 1 aromatic rings. The van der Waals surface area contributed by atoms with Gasteiger partial charge >= 0.3 is 0 Å². The Kier molecular flexibility index (Phi) is 6.84. The van der Waals surface area contributed by atoms with Crippen LogP contribution in [0.15, 0.2) is 18.2 Å². The molecule has 6 heteroatoms. The third kappa shape index (κ3) is 4.46. The maximum atomic E-state index is 12.6. The van der Waals surface area contributed by atoms with Crippen molar-refractivity contribution in [3.05, 3.63) is 39.9 Å². The number of amides is 1. The van der Waals surface area contributed by atoms with Crippen LogP contribution in [-0.4, -0.2) is 38.2 Å². The molecule has 1 amide bonds. The molecular weight excluding hydrogens is 354 g/mol. The molecule has 0 aromatic heterocycles. The van der Waals surface area contributed by atoms with Gasteiger partial charge in [-0.2, -0.15) is 0 Å². The predicted octanol–water partition coefficient (Wildman–Crippen LogP) is 3.59. The minimum Gasteiger partial charge on any atom is -0.471 e.